The van der Waals surface area contributed by atoms with E-state index in [1.165, 1.54) is 29.1 Å². The molecule has 0 N–H and O–H groups in total. The summed E-state index contributed by atoms with van der Waals surface area (Å²) in [6.45, 7) is 1.89. The maximum Gasteiger partial charge on any atom is 0.345 e. The van der Waals surface area contributed by atoms with Crippen molar-refractivity contribution in [3.05, 3.63) is 88.0 Å². The summed E-state index contributed by atoms with van der Waals surface area (Å²) in [7, 11) is 0. The topological polar surface area (TPSA) is 100 Å². The number of benzene rings is 3. The number of ether oxygens (including phenoxy) is 1. The summed E-state index contributed by atoms with van der Waals surface area (Å²) in [5.74, 6) is -0.568. The Balaban J connectivity index is 1.72. The number of nitrogens with zero attached hydrogens (tertiary/aromatic N) is 4. The van der Waals surface area contributed by atoms with Crippen LogP contribution in [0.3, 0.4) is 0 Å². The quantitative estimate of drug-likeness (QED) is 0.233. The van der Waals surface area contributed by atoms with Crippen molar-refractivity contribution in [3.63, 3.8) is 0 Å². The second kappa shape index (κ2) is 6.92. The summed E-state index contributed by atoms with van der Waals surface area (Å²) in [5.41, 5.74) is 2.87. The van der Waals surface area contributed by atoms with Gasteiger partial charge in [-0.05, 0) is 42.8 Å². The van der Waals surface area contributed by atoms with Gasteiger partial charge in [0.25, 0.3) is 5.69 Å². The smallest absolute Gasteiger partial charge is 0.345 e. The van der Waals surface area contributed by atoms with Crippen LogP contribution in [0.5, 0.6) is 5.75 Å². The predicted molar refractivity (Wildman–Crippen MR) is 102 cm³/mol. The highest BCUT2D eigenvalue weighted by Gasteiger charge is 2.18. The third-order valence-corrected chi connectivity index (χ3v) is 4.11. The molecule has 0 amide bonds. The van der Waals surface area contributed by atoms with Crippen LogP contribution < -0.4 is 4.74 Å². The van der Waals surface area contributed by atoms with E-state index in [0.717, 1.165) is 5.56 Å². The molecule has 8 heteroatoms. The minimum atomic E-state index is -0.656. The van der Waals surface area contributed by atoms with Crippen molar-refractivity contribution in [1.82, 2.24) is 15.0 Å². The second-order valence-electron chi connectivity index (χ2n) is 6.14. The molecule has 0 bridgehead atoms. The Morgan fingerprint density at radius 1 is 1.00 bits per heavy atom. The van der Waals surface area contributed by atoms with Crippen molar-refractivity contribution < 1.29 is 14.5 Å². The van der Waals surface area contributed by atoms with E-state index in [1.54, 1.807) is 18.2 Å². The second-order valence-corrected chi connectivity index (χ2v) is 6.14. The van der Waals surface area contributed by atoms with Gasteiger partial charge in [0.05, 0.1) is 16.6 Å². The van der Waals surface area contributed by atoms with E-state index in [1.807, 2.05) is 31.2 Å². The number of nitro groups is 1. The average Bonchev–Trinajstić information content (AvgIpc) is 3.12. The van der Waals surface area contributed by atoms with Crippen molar-refractivity contribution in [2.24, 2.45) is 0 Å². The van der Waals surface area contributed by atoms with Crippen molar-refractivity contribution in [2.45, 2.75) is 6.92 Å². The van der Waals surface area contributed by atoms with Crippen LogP contribution in [0, 0.1) is 17.0 Å². The van der Waals surface area contributed by atoms with Gasteiger partial charge < -0.3 is 4.74 Å². The molecule has 28 heavy (non-hydrogen) atoms. The molecule has 0 radical (unpaired) electrons. The van der Waals surface area contributed by atoms with E-state index in [0.29, 0.717) is 16.7 Å². The third kappa shape index (κ3) is 3.30. The number of carbonyl (C=O) groups excluding carboxylic acids is 1. The molecule has 0 fully saturated rings. The zero-order valence-corrected chi connectivity index (χ0v) is 14.8. The maximum absolute atomic E-state index is 12.8. The number of nitro benzene ring substituents is 1. The van der Waals surface area contributed by atoms with Gasteiger partial charge in [0, 0.05) is 6.07 Å². The van der Waals surface area contributed by atoms with Gasteiger partial charge in [-0.2, -0.15) is 0 Å². The van der Waals surface area contributed by atoms with Crippen molar-refractivity contribution in [1.29, 1.82) is 0 Å². The van der Waals surface area contributed by atoms with Crippen LogP contribution in [0.4, 0.5) is 5.69 Å². The van der Waals surface area contributed by atoms with Gasteiger partial charge in [0.2, 0.25) is 0 Å². The van der Waals surface area contributed by atoms with E-state index in [2.05, 4.69) is 10.2 Å². The van der Waals surface area contributed by atoms with Crippen LogP contribution in [0.2, 0.25) is 0 Å². The molecular weight excluding hydrogens is 360 g/mol. The number of aromatic nitrogens is 3. The molecule has 0 saturated carbocycles. The molecule has 0 aliphatic heterocycles. The summed E-state index contributed by atoms with van der Waals surface area (Å²) in [6, 6.07) is 18.0. The number of hydrogen-bond acceptors (Lipinski definition) is 6. The molecule has 138 valence electrons. The lowest BCUT2D eigenvalue weighted by molar-refractivity contribution is -0.384. The average molecular weight is 374 g/mol. The van der Waals surface area contributed by atoms with Crippen LogP contribution in [-0.4, -0.2) is 25.9 Å². The van der Waals surface area contributed by atoms with Crippen LogP contribution in [0.15, 0.2) is 66.7 Å². The summed E-state index contributed by atoms with van der Waals surface area (Å²) in [5, 5.41) is 19.8. The molecule has 0 aliphatic carbocycles. The highest BCUT2D eigenvalue weighted by Crippen LogP contribution is 2.23. The van der Waals surface area contributed by atoms with Crippen LogP contribution in [0.1, 0.15) is 15.9 Å². The van der Waals surface area contributed by atoms with Gasteiger partial charge in [-0.15, -0.1) is 15.0 Å². The van der Waals surface area contributed by atoms with Gasteiger partial charge in [0.15, 0.2) is 0 Å². The molecule has 4 rings (SSSR count). The van der Waals surface area contributed by atoms with E-state index < -0.39 is 10.9 Å². The highest BCUT2D eigenvalue weighted by molar-refractivity contribution is 5.95. The lowest BCUT2D eigenvalue weighted by atomic mass is 10.1. The molecule has 4 aromatic rings. The van der Waals surface area contributed by atoms with Crippen molar-refractivity contribution in [3.8, 4) is 11.4 Å². The third-order valence-electron chi connectivity index (χ3n) is 4.11. The number of hydrogen-bond donors (Lipinski definition) is 0. The summed E-state index contributed by atoms with van der Waals surface area (Å²) in [6.07, 6.45) is 0. The van der Waals surface area contributed by atoms with Crippen LogP contribution in [0.25, 0.3) is 16.7 Å². The first-order chi connectivity index (χ1) is 13.5. The van der Waals surface area contributed by atoms with E-state index in [9.17, 15) is 14.9 Å². The fourth-order valence-corrected chi connectivity index (χ4v) is 2.77. The molecule has 1 aromatic heterocycles. The molecule has 1 heterocycles. The fraction of sp³-hybridized carbons (Fsp3) is 0.0500. The first-order valence-corrected chi connectivity index (χ1v) is 8.41. The van der Waals surface area contributed by atoms with E-state index in [4.69, 9.17) is 4.74 Å². The van der Waals surface area contributed by atoms with Gasteiger partial charge in [-0.25, -0.2) is 4.79 Å². The van der Waals surface area contributed by atoms with Crippen molar-refractivity contribution >= 4 is 22.7 Å². The van der Waals surface area contributed by atoms with Gasteiger partial charge in [-0.1, -0.05) is 24.3 Å². The molecule has 8 nitrogen and oxygen atoms in total. The number of fused-ring (bicyclic) bond motifs is 1. The molecule has 0 spiro atoms. The molecule has 0 unspecified atom stereocenters. The number of carbonyl (C=O) groups is 1. The lowest BCUT2D eigenvalue weighted by Gasteiger charge is -2.09. The minimum Gasteiger partial charge on any atom is -0.423 e. The van der Waals surface area contributed by atoms with Gasteiger partial charge in [-0.3, -0.25) is 10.1 Å². The minimum absolute atomic E-state index is 0.0873. The first kappa shape index (κ1) is 17.3. The number of rotatable bonds is 4. The van der Waals surface area contributed by atoms with Crippen molar-refractivity contribution in [2.75, 3.05) is 0 Å². The first-order valence-electron chi connectivity index (χ1n) is 8.41. The molecule has 0 saturated heterocycles. The Bertz CT molecular complexity index is 1180. The predicted octanol–water partition coefficient (Wildman–Crippen LogP) is 3.86. The van der Waals surface area contributed by atoms with Crippen LogP contribution >= 0.6 is 0 Å². The van der Waals surface area contributed by atoms with Crippen LogP contribution in [-0.2, 0) is 0 Å². The molecule has 3 aromatic carbocycles. The Morgan fingerprint density at radius 2 is 1.71 bits per heavy atom. The fourth-order valence-electron chi connectivity index (χ4n) is 2.77. The Hall–Kier alpha value is -4.07. The molecule has 0 aliphatic rings. The SMILES string of the molecule is Cc1ccc(C(=O)Oc2cccc([N+](=O)[O-])c2)c(-n2nc3ccccc3n2)c1. The van der Waals surface area contributed by atoms with Gasteiger partial charge >= 0.3 is 5.97 Å². The Morgan fingerprint density at radius 3 is 2.39 bits per heavy atom. The lowest BCUT2D eigenvalue weighted by Crippen LogP contribution is -2.14. The van der Waals surface area contributed by atoms with E-state index >= 15 is 0 Å². The monoisotopic (exact) mass is 374 g/mol. The number of esters is 1. The largest absolute Gasteiger partial charge is 0.423 e. The number of non-ortho nitro benzene ring substituents is 1. The maximum atomic E-state index is 12.8. The number of aryl methyl sites for hydroxylation is 1. The molecular formula is C20H14N4O4. The van der Waals surface area contributed by atoms with Gasteiger partial charge in [0.1, 0.15) is 22.5 Å². The zero-order chi connectivity index (χ0) is 19.7. The Labute approximate surface area is 159 Å². The standard InChI is InChI=1S/C20H14N4O4/c1-13-9-10-16(20(25)28-15-6-4-5-14(12-15)24(26)27)19(11-13)23-21-17-7-2-3-8-18(17)22-23/h2-12H,1H3. The van der Waals surface area contributed by atoms with E-state index in [-0.39, 0.29) is 17.0 Å². The molecule has 0 atom stereocenters. The summed E-state index contributed by atoms with van der Waals surface area (Å²) >= 11 is 0. The Kier molecular flexibility index (Phi) is 4.29. The summed E-state index contributed by atoms with van der Waals surface area (Å²) in [4.78, 5) is 24.5. The summed E-state index contributed by atoms with van der Waals surface area (Å²) < 4.78 is 5.36. The normalized spacial score (nSPS) is 10.8. The highest BCUT2D eigenvalue weighted by atomic mass is 16.6. The zero-order valence-electron chi connectivity index (χ0n) is 14.8.